The van der Waals surface area contributed by atoms with Crippen LogP contribution in [0, 0.1) is 5.92 Å². The van der Waals surface area contributed by atoms with Gasteiger partial charge in [-0.15, -0.1) is 0 Å². The van der Waals surface area contributed by atoms with Crippen LogP contribution in [0.25, 0.3) is 0 Å². The summed E-state index contributed by atoms with van der Waals surface area (Å²) in [6.45, 7) is 1.93. The summed E-state index contributed by atoms with van der Waals surface area (Å²) in [5.41, 5.74) is 1.07. The number of aromatic nitrogens is 1. The van der Waals surface area contributed by atoms with E-state index in [9.17, 15) is 4.79 Å². The van der Waals surface area contributed by atoms with Crippen molar-refractivity contribution >= 4 is 5.97 Å². The van der Waals surface area contributed by atoms with Crippen LogP contribution in [-0.2, 0) is 4.79 Å². The predicted molar refractivity (Wildman–Crippen MR) is 57.5 cm³/mol. The second-order valence-corrected chi connectivity index (χ2v) is 3.62. The van der Waals surface area contributed by atoms with Gasteiger partial charge in [-0.1, -0.05) is 6.92 Å². The highest BCUT2D eigenvalue weighted by Crippen LogP contribution is 2.23. The maximum absolute atomic E-state index is 10.6. The molecule has 15 heavy (non-hydrogen) atoms. The van der Waals surface area contributed by atoms with E-state index in [-0.39, 0.29) is 18.4 Å². The second-order valence-electron chi connectivity index (χ2n) is 3.62. The van der Waals surface area contributed by atoms with Gasteiger partial charge in [-0.3, -0.25) is 9.78 Å². The number of rotatable bonds is 5. The van der Waals surface area contributed by atoms with Crippen molar-refractivity contribution in [2.24, 2.45) is 5.92 Å². The number of hydrogen-bond acceptors (Lipinski definition) is 3. The molecule has 0 saturated carbocycles. The van der Waals surface area contributed by atoms with Crippen LogP contribution in [0.1, 0.15) is 24.9 Å². The Morgan fingerprint density at radius 1 is 1.53 bits per heavy atom. The number of carbonyl (C=O) groups is 1. The van der Waals surface area contributed by atoms with E-state index in [1.165, 1.54) is 0 Å². The first-order valence-corrected chi connectivity index (χ1v) is 4.94. The number of carboxylic acids is 1. The number of nitrogens with one attached hydrogen (secondary N) is 1. The Kier molecular flexibility index (Phi) is 4.24. The zero-order valence-electron chi connectivity index (χ0n) is 8.97. The fourth-order valence-corrected chi connectivity index (χ4v) is 1.74. The van der Waals surface area contributed by atoms with Crippen molar-refractivity contribution < 1.29 is 9.90 Å². The molecule has 0 bridgehead atoms. The van der Waals surface area contributed by atoms with Gasteiger partial charge in [0.2, 0.25) is 0 Å². The van der Waals surface area contributed by atoms with Gasteiger partial charge in [0, 0.05) is 24.9 Å². The minimum atomic E-state index is -0.767. The van der Waals surface area contributed by atoms with Gasteiger partial charge in [-0.05, 0) is 30.7 Å². The molecule has 4 heteroatoms. The van der Waals surface area contributed by atoms with Crippen molar-refractivity contribution in [2.45, 2.75) is 19.4 Å². The summed E-state index contributed by atoms with van der Waals surface area (Å²) in [5.74, 6) is -0.716. The van der Waals surface area contributed by atoms with Gasteiger partial charge in [0.25, 0.3) is 0 Å². The van der Waals surface area contributed by atoms with Crippen LogP contribution in [0.5, 0.6) is 0 Å². The third kappa shape index (κ3) is 3.32. The predicted octanol–water partition coefficient (Wildman–Crippen LogP) is 1.45. The maximum Gasteiger partial charge on any atom is 0.303 e. The van der Waals surface area contributed by atoms with Gasteiger partial charge in [-0.2, -0.15) is 0 Å². The highest BCUT2D eigenvalue weighted by Gasteiger charge is 2.19. The lowest BCUT2D eigenvalue weighted by atomic mass is 9.93. The lowest BCUT2D eigenvalue weighted by Gasteiger charge is -2.22. The summed E-state index contributed by atoms with van der Waals surface area (Å²) in [4.78, 5) is 14.6. The van der Waals surface area contributed by atoms with Crippen LogP contribution in [0.3, 0.4) is 0 Å². The summed E-state index contributed by atoms with van der Waals surface area (Å²) < 4.78 is 0. The van der Waals surface area contributed by atoms with Crippen molar-refractivity contribution in [2.75, 3.05) is 7.05 Å². The van der Waals surface area contributed by atoms with E-state index in [1.54, 1.807) is 12.4 Å². The van der Waals surface area contributed by atoms with E-state index in [0.29, 0.717) is 0 Å². The molecular weight excluding hydrogens is 192 g/mol. The Morgan fingerprint density at radius 3 is 2.60 bits per heavy atom. The molecule has 0 amide bonds. The molecule has 0 aliphatic rings. The molecule has 0 aliphatic heterocycles. The number of nitrogens with zero attached hydrogens (tertiary/aromatic N) is 1. The minimum absolute atomic E-state index is 0.0508. The first-order chi connectivity index (χ1) is 7.15. The molecule has 0 saturated heterocycles. The van der Waals surface area contributed by atoms with E-state index in [4.69, 9.17) is 5.11 Å². The third-order valence-electron chi connectivity index (χ3n) is 2.44. The van der Waals surface area contributed by atoms with Crippen LogP contribution < -0.4 is 5.32 Å². The van der Waals surface area contributed by atoms with Gasteiger partial charge < -0.3 is 10.4 Å². The van der Waals surface area contributed by atoms with E-state index < -0.39 is 5.97 Å². The zero-order valence-corrected chi connectivity index (χ0v) is 8.97. The normalized spacial score (nSPS) is 14.5. The monoisotopic (exact) mass is 208 g/mol. The topological polar surface area (TPSA) is 62.2 Å². The van der Waals surface area contributed by atoms with Crippen LogP contribution in [0.15, 0.2) is 24.5 Å². The number of aliphatic carboxylic acids is 1. The summed E-state index contributed by atoms with van der Waals surface area (Å²) in [6.07, 6.45) is 3.59. The van der Waals surface area contributed by atoms with E-state index in [2.05, 4.69) is 10.3 Å². The van der Waals surface area contributed by atoms with Crippen molar-refractivity contribution in [3.05, 3.63) is 30.1 Å². The van der Waals surface area contributed by atoms with Crippen molar-refractivity contribution in [1.29, 1.82) is 0 Å². The molecule has 1 heterocycles. The highest BCUT2D eigenvalue weighted by molar-refractivity contribution is 5.67. The van der Waals surface area contributed by atoms with Gasteiger partial charge in [0.1, 0.15) is 0 Å². The number of hydrogen-bond donors (Lipinski definition) is 2. The molecule has 2 N–H and O–H groups in total. The minimum Gasteiger partial charge on any atom is -0.481 e. The van der Waals surface area contributed by atoms with Crippen LogP contribution in [-0.4, -0.2) is 23.1 Å². The largest absolute Gasteiger partial charge is 0.481 e. The Morgan fingerprint density at radius 2 is 2.13 bits per heavy atom. The third-order valence-corrected chi connectivity index (χ3v) is 2.44. The van der Waals surface area contributed by atoms with Crippen molar-refractivity contribution in [3.63, 3.8) is 0 Å². The van der Waals surface area contributed by atoms with E-state index in [0.717, 1.165) is 5.56 Å². The highest BCUT2D eigenvalue weighted by atomic mass is 16.4. The molecule has 0 spiro atoms. The van der Waals surface area contributed by atoms with E-state index >= 15 is 0 Å². The number of carboxylic acid groups (broad SMARTS) is 1. The van der Waals surface area contributed by atoms with Crippen LogP contribution in [0.4, 0.5) is 0 Å². The number of pyridine rings is 1. The average Bonchev–Trinajstić information content (AvgIpc) is 2.19. The Balaban J connectivity index is 2.75. The molecule has 4 nitrogen and oxygen atoms in total. The SMILES string of the molecule is CNC(c1ccncc1)C(C)CC(=O)O. The van der Waals surface area contributed by atoms with Crippen LogP contribution >= 0.6 is 0 Å². The molecule has 1 rings (SSSR count). The van der Waals surface area contributed by atoms with Gasteiger partial charge in [-0.25, -0.2) is 0 Å². The van der Waals surface area contributed by atoms with Crippen molar-refractivity contribution in [3.8, 4) is 0 Å². The second kappa shape index (κ2) is 5.46. The molecule has 82 valence electrons. The average molecular weight is 208 g/mol. The maximum atomic E-state index is 10.6. The molecule has 0 radical (unpaired) electrons. The lowest BCUT2D eigenvalue weighted by Crippen LogP contribution is -2.25. The van der Waals surface area contributed by atoms with Gasteiger partial charge in [0.15, 0.2) is 0 Å². The summed E-state index contributed by atoms with van der Waals surface area (Å²) in [5, 5.41) is 11.9. The Hall–Kier alpha value is -1.42. The van der Waals surface area contributed by atoms with Crippen molar-refractivity contribution in [1.82, 2.24) is 10.3 Å². The fourth-order valence-electron chi connectivity index (χ4n) is 1.74. The fraction of sp³-hybridized carbons (Fsp3) is 0.455. The lowest BCUT2D eigenvalue weighted by molar-refractivity contribution is -0.138. The summed E-state index contributed by atoms with van der Waals surface area (Å²) >= 11 is 0. The van der Waals surface area contributed by atoms with Gasteiger partial charge in [0.05, 0.1) is 0 Å². The Labute approximate surface area is 89.3 Å². The first kappa shape index (κ1) is 11.7. The Bertz CT molecular complexity index is 314. The molecule has 2 unspecified atom stereocenters. The standard InChI is InChI=1S/C11H16N2O2/c1-8(7-10(14)15)11(12-2)9-3-5-13-6-4-9/h3-6,8,11-12H,7H2,1-2H3,(H,14,15). The molecular formula is C11H16N2O2. The van der Waals surface area contributed by atoms with E-state index in [1.807, 2.05) is 26.1 Å². The molecule has 0 aromatic carbocycles. The van der Waals surface area contributed by atoms with Gasteiger partial charge >= 0.3 is 5.97 Å². The summed E-state index contributed by atoms with van der Waals surface area (Å²) in [6, 6.07) is 3.86. The summed E-state index contributed by atoms with van der Waals surface area (Å²) in [7, 11) is 1.84. The molecule has 0 fully saturated rings. The smallest absolute Gasteiger partial charge is 0.303 e. The zero-order chi connectivity index (χ0) is 11.3. The van der Waals surface area contributed by atoms with Crippen LogP contribution in [0.2, 0.25) is 0 Å². The quantitative estimate of drug-likeness (QED) is 0.768. The molecule has 1 aromatic heterocycles. The molecule has 0 aliphatic carbocycles. The first-order valence-electron chi connectivity index (χ1n) is 4.94. The molecule has 2 atom stereocenters. The molecule has 1 aromatic rings.